The van der Waals surface area contributed by atoms with E-state index in [2.05, 4.69) is 21.2 Å². The first-order chi connectivity index (χ1) is 10.4. The molecular formula is C16H11BrClNO3. The van der Waals surface area contributed by atoms with Crippen LogP contribution in [0.25, 0.3) is 0 Å². The van der Waals surface area contributed by atoms with Gasteiger partial charge in [-0.3, -0.25) is 9.59 Å². The summed E-state index contributed by atoms with van der Waals surface area (Å²) in [6.45, 7) is 0. The van der Waals surface area contributed by atoms with Gasteiger partial charge in [0.1, 0.15) is 0 Å². The van der Waals surface area contributed by atoms with Gasteiger partial charge in [0.05, 0.1) is 6.42 Å². The smallest absolute Gasteiger partial charge is 0.261 e. The Morgan fingerprint density at radius 3 is 2.73 bits per heavy atom. The highest BCUT2D eigenvalue weighted by Gasteiger charge is 2.47. The Kier molecular flexibility index (Phi) is 3.80. The van der Waals surface area contributed by atoms with Crippen LogP contribution in [0.2, 0.25) is 5.02 Å². The van der Waals surface area contributed by atoms with Crippen molar-refractivity contribution in [2.24, 2.45) is 0 Å². The van der Waals surface area contributed by atoms with E-state index in [0.29, 0.717) is 26.3 Å². The first-order valence-corrected chi connectivity index (χ1v) is 7.70. The molecule has 1 aliphatic rings. The molecule has 0 aromatic heterocycles. The molecule has 0 saturated heterocycles. The van der Waals surface area contributed by atoms with Crippen LogP contribution in [0.3, 0.4) is 0 Å². The third-order valence-corrected chi connectivity index (χ3v) is 4.57. The maximum atomic E-state index is 12.5. The zero-order chi connectivity index (χ0) is 15.9. The fourth-order valence-electron chi connectivity index (χ4n) is 2.51. The molecule has 0 bridgehead atoms. The molecular weight excluding hydrogens is 370 g/mol. The van der Waals surface area contributed by atoms with Gasteiger partial charge in [0, 0.05) is 26.3 Å². The number of nitrogens with one attached hydrogen (secondary N) is 1. The topological polar surface area (TPSA) is 66.4 Å². The minimum Gasteiger partial charge on any atom is -0.375 e. The lowest BCUT2D eigenvalue weighted by molar-refractivity contribution is -0.133. The molecule has 1 heterocycles. The van der Waals surface area contributed by atoms with E-state index in [9.17, 15) is 14.7 Å². The summed E-state index contributed by atoms with van der Waals surface area (Å²) in [4.78, 5) is 24.6. The maximum Gasteiger partial charge on any atom is 0.261 e. The molecule has 2 N–H and O–H groups in total. The highest BCUT2D eigenvalue weighted by Crippen LogP contribution is 2.40. The maximum absolute atomic E-state index is 12.5. The van der Waals surface area contributed by atoms with E-state index in [4.69, 9.17) is 11.6 Å². The average molecular weight is 381 g/mol. The van der Waals surface area contributed by atoms with Crippen molar-refractivity contribution in [1.29, 1.82) is 0 Å². The summed E-state index contributed by atoms with van der Waals surface area (Å²) in [6, 6.07) is 11.6. The number of fused-ring (bicyclic) bond motifs is 1. The first kappa shape index (κ1) is 15.2. The summed E-state index contributed by atoms with van der Waals surface area (Å²) < 4.78 is 0.619. The summed E-state index contributed by atoms with van der Waals surface area (Å²) in [5.74, 6) is -0.955. The van der Waals surface area contributed by atoms with Crippen molar-refractivity contribution in [1.82, 2.24) is 0 Å². The number of aliphatic hydroxyl groups is 1. The first-order valence-electron chi connectivity index (χ1n) is 6.53. The standard InChI is InChI=1S/C16H11BrClNO3/c17-12-4-2-1-3-10(12)14(20)8-16(22)11-7-9(18)5-6-13(11)19-15(16)21/h1-7,22H,8H2,(H,19,21)/t16-/m0/s1. The Balaban J connectivity index is 1.98. The number of carbonyl (C=O) groups is 2. The lowest BCUT2D eigenvalue weighted by Crippen LogP contribution is -2.36. The fourth-order valence-corrected chi connectivity index (χ4v) is 3.18. The summed E-state index contributed by atoms with van der Waals surface area (Å²) in [6.07, 6.45) is -0.352. The second-order valence-electron chi connectivity index (χ2n) is 5.08. The zero-order valence-corrected chi connectivity index (χ0v) is 13.6. The van der Waals surface area contributed by atoms with Gasteiger partial charge in [0.2, 0.25) is 0 Å². The van der Waals surface area contributed by atoms with Gasteiger partial charge in [0.25, 0.3) is 5.91 Å². The quantitative estimate of drug-likeness (QED) is 0.801. The SMILES string of the molecule is O=C(C[C@@]1(O)C(=O)Nc2ccc(Cl)cc21)c1ccccc1Br. The number of carbonyl (C=O) groups excluding carboxylic acids is 2. The minimum atomic E-state index is -1.91. The number of halogens is 2. The molecule has 1 aliphatic heterocycles. The van der Waals surface area contributed by atoms with Crippen LogP contribution in [-0.2, 0) is 10.4 Å². The molecule has 0 spiro atoms. The van der Waals surface area contributed by atoms with Crippen molar-refractivity contribution in [3.05, 3.63) is 63.1 Å². The van der Waals surface area contributed by atoms with Gasteiger partial charge >= 0.3 is 0 Å². The fraction of sp³-hybridized carbons (Fsp3) is 0.125. The number of ketones is 1. The average Bonchev–Trinajstić information content (AvgIpc) is 2.71. The van der Waals surface area contributed by atoms with Gasteiger partial charge < -0.3 is 10.4 Å². The van der Waals surface area contributed by atoms with Crippen molar-refractivity contribution in [3.63, 3.8) is 0 Å². The van der Waals surface area contributed by atoms with Crippen LogP contribution in [0.4, 0.5) is 5.69 Å². The third kappa shape index (κ3) is 2.45. The molecule has 6 heteroatoms. The van der Waals surface area contributed by atoms with Gasteiger partial charge in [-0.1, -0.05) is 45.7 Å². The number of benzene rings is 2. The van der Waals surface area contributed by atoms with E-state index in [1.54, 1.807) is 36.4 Å². The van der Waals surface area contributed by atoms with E-state index < -0.39 is 11.5 Å². The van der Waals surface area contributed by atoms with Crippen LogP contribution in [0.15, 0.2) is 46.9 Å². The second kappa shape index (κ2) is 5.50. The summed E-state index contributed by atoms with van der Waals surface area (Å²) in [5, 5.41) is 13.7. The predicted octanol–water partition coefficient (Wildman–Crippen LogP) is 3.52. The normalized spacial score (nSPS) is 19.7. The molecule has 4 nitrogen and oxygen atoms in total. The molecule has 0 aliphatic carbocycles. The van der Waals surface area contributed by atoms with Crippen molar-refractivity contribution < 1.29 is 14.7 Å². The molecule has 1 atom stereocenters. The summed E-state index contributed by atoms with van der Waals surface area (Å²) in [5.41, 5.74) is -0.700. The van der Waals surface area contributed by atoms with Gasteiger partial charge in [-0.05, 0) is 24.3 Å². The van der Waals surface area contributed by atoms with Crippen LogP contribution >= 0.6 is 27.5 Å². The van der Waals surface area contributed by atoms with Crippen LogP contribution in [0.5, 0.6) is 0 Å². The van der Waals surface area contributed by atoms with Crippen LogP contribution in [0, 0.1) is 0 Å². The van der Waals surface area contributed by atoms with Crippen molar-refractivity contribution >= 4 is 44.9 Å². The van der Waals surface area contributed by atoms with Gasteiger partial charge in [-0.25, -0.2) is 0 Å². The Morgan fingerprint density at radius 1 is 1.27 bits per heavy atom. The monoisotopic (exact) mass is 379 g/mol. The van der Waals surface area contributed by atoms with Gasteiger partial charge in [0.15, 0.2) is 11.4 Å². The predicted molar refractivity (Wildman–Crippen MR) is 87.1 cm³/mol. The van der Waals surface area contributed by atoms with Crippen LogP contribution in [0.1, 0.15) is 22.3 Å². The molecule has 22 heavy (non-hydrogen) atoms. The molecule has 0 saturated carbocycles. The van der Waals surface area contributed by atoms with E-state index in [1.807, 2.05) is 0 Å². The zero-order valence-electron chi connectivity index (χ0n) is 11.3. The molecule has 3 rings (SSSR count). The Hall–Kier alpha value is -1.69. The van der Waals surface area contributed by atoms with E-state index >= 15 is 0 Å². The largest absolute Gasteiger partial charge is 0.375 e. The molecule has 2 aromatic rings. The van der Waals surface area contributed by atoms with Crippen LogP contribution in [-0.4, -0.2) is 16.8 Å². The minimum absolute atomic E-state index is 0.324. The van der Waals surface area contributed by atoms with Crippen LogP contribution < -0.4 is 5.32 Å². The molecule has 0 unspecified atom stereocenters. The summed E-state index contributed by atoms with van der Waals surface area (Å²) in [7, 11) is 0. The van der Waals surface area contributed by atoms with Crippen molar-refractivity contribution in [2.75, 3.05) is 5.32 Å². The lowest BCUT2D eigenvalue weighted by atomic mass is 9.88. The summed E-state index contributed by atoms with van der Waals surface area (Å²) >= 11 is 9.23. The van der Waals surface area contributed by atoms with Gasteiger partial charge in [-0.2, -0.15) is 0 Å². The molecule has 0 radical (unpaired) electrons. The van der Waals surface area contributed by atoms with E-state index in [1.165, 1.54) is 6.07 Å². The Labute approximate surface area is 140 Å². The lowest BCUT2D eigenvalue weighted by Gasteiger charge is -2.20. The third-order valence-electron chi connectivity index (χ3n) is 3.64. The Morgan fingerprint density at radius 2 is 2.00 bits per heavy atom. The van der Waals surface area contributed by atoms with E-state index in [-0.39, 0.29) is 12.2 Å². The molecule has 2 aromatic carbocycles. The van der Waals surface area contributed by atoms with E-state index in [0.717, 1.165) is 0 Å². The molecule has 0 fully saturated rings. The number of rotatable bonds is 3. The number of hydrogen-bond donors (Lipinski definition) is 2. The highest BCUT2D eigenvalue weighted by atomic mass is 79.9. The Bertz CT molecular complexity index is 793. The number of Topliss-reactive ketones (excluding diaryl/α,β-unsaturated/α-hetero) is 1. The molecule has 1 amide bonds. The molecule has 112 valence electrons. The second-order valence-corrected chi connectivity index (χ2v) is 6.37. The van der Waals surface area contributed by atoms with Crippen molar-refractivity contribution in [3.8, 4) is 0 Å². The van der Waals surface area contributed by atoms with Crippen molar-refractivity contribution in [2.45, 2.75) is 12.0 Å². The number of hydrogen-bond acceptors (Lipinski definition) is 3. The number of amides is 1. The van der Waals surface area contributed by atoms with Gasteiger partial charge in [-0.15, -0.1) is 0 Å². The highest BCUT2D eigenvalue weighted by molar-refractivity contribution is 9.10. The number of anilines is 1.